The molecule has 2 rings (SSSR count). The van der Waals surface area contributed by atoms with Crippen LogP contribution in [0.2, 0.25) is 0 Å². The van der Waals surface area contributed by atoms with E-state index < -0.39 is 5.69 Å². The summed E-state index contributed by atoms with van der Waals surface area (Å²) < 4.78 is 2.24. The Morgan fingerprint density at radius 3 is 2.68 bits per heavy atom. The number of aromatic nitrogens is 2. The summed E-state index contributed by atoms with van der Waals surface area (Å²) in [6, 6.07) is 1.51. The van der Waals surface area contributed by atoms with Gasteiger partial charge in [0.2, 0.25) is 5.91 Å². The summed E-state index contributed by atoms with van der Waals surface area (Å²) in [5.41, 5.74) is -0.833. The molecule has 0 bridgehead atoms. The van der Waals surface area contributed by atoms with E-state index in [1.807, 2.05) is 0 Å². The molecule has 1 aliphatic carbocycles. The molecule has 1 amide bonds. The molecule has 1 saturated carbocycles. The van der Waals surface area contributed by atoms with E-state index in [0.717, 1.165) is 30.3 Å². The van der Waals surface area contributed by atoms with E-state index in [-0.39, 0.29) is 24.1 Å². The number of amides is 1. The lowest BCUT2D eigenvalue weighted by atomic mass is 9.95. The minimum absolute atomic E-state index is 0.0382. The van der Waals surface area contributed by atoms with Crippen LogP contribution in [-0.4, -0.2) is 21.1 Å². The van der Waals surface area contributed by atoms with Crippen molar-refractivity contribution in [2.75, 3.05) is 0 Å². The highest BCUT2D eigenvalue weighted by molar-refractivity contribution is 5.76. The Morgan fingerprint density at radius 2 is 2.00 bits per heavy atom. The van der Waals surface area contributed by atoms with Crippen molar-refractivity contribution < 1.29 is 4.79 Å². The van der Waals surface area contributed by atoms with Crippen molar-refractivity contribution >= 4 is 5.91 Å². The van der Waals surface area contributed by atoms with E-state index in [1.165, 1.54) is 30.3 Å². The van der Waals surface area contributed by atoms with Gasteiger partial charge in [0.25, 0.3) is 5.56 Å². The number of carbonyl (C=O) groups excluding carboxylic acids is 1. The largest absolute Gasteiger partial charge is 0.352 e. The number of hydrogen-bond acceptors (Lipinski definition) is 3. The van der Waals surface area contributed by atoms with Crippen LogP contribution in [0.3, 0.4) is 0 Å². The second-order valence-corrected chi connectivity index (χ2v) is 5.03. The Kier molecular flexibility index (Phi) is 4.19. The summed E-state index contributed by atoms with van der Waals surface area (Å²) in [6.45, 7) is -0.0382. The lowest BCUT2D eigenvalue weighted by Gasteiger charge is -2.22. The normalized spacial score (nSPS) is 16.3. The topological polar surface area (TPSA) is 73.1 Å². The fourth-order valence-corrected chi connectivity index (χ4v) is 2.41. The van der Waals surface area contributed by atoms with Crippen LogP contribution in [0.1, 0.15) is 32.1 Å². The van der Waals surface area contributed by atoms with Crippen molar-refractivity contribution in [3.63, 3.8) is 0 Å². The molecule has 0 aromatic carbocycles. The van der Waals surface area contributed by atoms with Crippen LogP contribution >= 0.6 is 0 Å². The Hall–Kier alpha value is -1.85. The van der Waals surface area contributed by atoms with Crippen molar-refractivity contribution in [3.8, 4) is 0 Å². The predicted octanol–water partition coefficient (Wildman–Crippen LogP) is -0.00410. The van der Waals surface area contributed by atoms with Crippen molar-refractivity contribution in [2.24, 2.45) is 7.05 Å². The Morgan fingerprint density at radius 1 is 1.32 bits per heavy atom. The van der Waals surface area contributed by atoms with Gasteiger partial charge >= 0.3 is 5.69 Å². The fourth-order valence-electron chi connectivity index (χ4n) is 2.41. The maximum atomic E-state index is 11.9. The van der Waals surface area contributed by atoms with E-state index in [9.17, 15) is 14.4 Å². The minimum atomic E-state index is -0.466. The van der Waals surface area contributed by atoms with Gasteiger partial charge in [-0.1, -0.05) is 19.3 Å². The summed E-state index contributed by atoms with van der Waals surface area (Å²) in [6.07, 6.45) is 6.90. The van der Waals surface area contributed by atoms with E-state index in [2.05, 4.69) is 5.32 Å². The molecule has 1 heterocycles. The molecule has 1 fully saturated rings. The van der Waals surface area contributed by atoms with E-state index in [1.54, 1.807) is 0 Å². The number of hydrogen-bond donors (Lipinski definition) is 1. The van der Waals surface area contributed by atoms with Crippen molar-refractivity contribution in [1.82, 2.24) is 14.5 Å². The van der Waals surface area contributed by atoms with Crippen LogP contribution in [0.4, 0.5) is 0 Å². The number of nitrogens with one attached hydrogen (secondary N) is 1. The highest BCUT2D eigenvalue weighted by atomic mass is 16.2. The third-order valence-electron chi connectivity index (χ3n) is 3.54. The van der Waals surface area contributed by atoms with Crippen molar-refractivity contribution in [1.29, 1.82) is 0 Å². The van der Waals surface area contributed by atoms with Gasteiger partial charge in [-0.05, 0) is 12.8 Å². The number of carbonyl (C=O) groups is 1. The molecule has 1 aromatic rings. The van der Waals surface area contributed by atoms with Gasteiger partial charge in [0.1, 0.15) is 6.54 Å². The molecule has 0 aliphatic heterocycles. The summed E-state index contributed by atoms with van der Waals surface area (Å²) in [5, 5.41) is 2.94. The van der Waals surface area contributed by atoms with Crippen LogP contribution in [0.15, 0.2) is 21.9 Å². The standard InChI is InChI=1S/C13H19N3O3/c1-15-12(18)7-8-16(13(15)19)9-11(17)14-10-5-3-2-4-6-10/h7-8,10H,2-6,9H2,1H3,(H,14,17). The number of nitrogens with zero attached hydrogens (tertiary/aromatic N) is 2. The third-order valence-corrected chi connectivity index (χ3v) is 3.54. The zero-order chi connectivity index (χ0) is 13.8. The molecule has 1 aliphatic rings. The Bertz CT molecular complexity index is 567. The SMILES string of the molecule is Cn1c(=O)ccn(CC(=O)NC2CCCCC2)c1=O. The molecule has 1 N–H and O–H groups in total. The van der Waals surface area contributed by atoms with Gasteiger partial charge in [0, 0.05) is 25.4 Å². The second kappa shape index (κ2) is 5.86. The zero-order valence-corrected chi connectivity index (χ0v) is 11.1. The first-order valence-electron chi connectivity index (χ1n) is 6.64. The van der Waals surface area contributed by atoms with Gasteiger partial charge in [-0.3, -0.25) is 18.7 Å². The second-order valence-electron chi connectivity index (χ2n) is 5.03. The minimum Gasteiger partial charge on any atom is -0.352 e. The molecule has 0 saturated heterocycles. The van der Waals surface area contributed by atoms with Gasteiger partial charge < -0.3 is 5.32 Å². The fraction of sp³-hybridized carbons (Fsp3) is 0.615. The van der Waals surface area contributed by atoms with Crippen LogP contribution in [0, 0.1) is 0 Å². The summed E-state index contributed by atoms with van der Waals surface area (Å²) in [5.74, 6) is -0.173. The highest BCUT2D eigenvalue weighted by Gasteiger charge is 2.16. The van der Waals surface area contributed by atoms with Crippen LogP contribution < -0.4 is 16.6 Å². The maximum Gasteiger partial charge on any atom is 0.331 e. The Balaban J connectivity index is 2.01. The highest BCUT2D eigenvalue weighted by Crippen LogP contribution is 2.17. The first kappa shape index (κ1) is 13.6. The molecular weight excluding hydrogens is 246 g/mol. The summed E-state index contributed by atoms with van der Waals surface area (Å²) >= 11 is 0. The van der Waals surface area contributed by atoms with Crippen LogP contribution in [-0.2, 0) is 18.4 Å². The van der Waals surface area contributed by atoms with E-state index >= 15 is 0 Å². The monoisotopic (exact) mass is 265 g/mol. The smallest absolute Gasteiger partial charge is 0.331 e. The first-order chi connectivity index (χ1) is 9.08. The quantitative estimate of drug-likeness (QED) is 0.835. The third kappa shape index (κ3) is 3.33. The van der Waals surface area contributed by atoms with Gasteiger partial charge in [0.15, 0.2) is 0 Å². The van der Waals surface area contributed by atoms with Gasteiger partial charge in [-0.25, -0.2) is 4.79 Å². The average Bonchev–Trinajstić information content (AvgIpc) is 2.41. The maximum absolute atomic E-state index is 11.9. The molecular formula is C13H19N3O3. The average molecular weight is 265 g/mol. The molecule has 0 atom stereocenters. The molecule has 6 nitrogen and oxygen atoms in total. The van der Waals surface area contributed by atoms with Crippen LogP contribution in [0.5, 0.6) is 0 Å². The van der Waals surface area contributed by atoms with Gasteiger partial charge in [0.05, 0.1) is 0 Å². The molecule has 0 spiro atoms. The molecule has 6 heteroatoms. The van der Waals surface area contributed by atoms with Gasteiger partial charge in [-0.2, -0.15) is 0 Å². The van der Waals surface area contributed by atoms with Crippen molar-refractivity contribution in [3.05, 3.63) is 33.1 Å². The van der Waals surface area contributed by atoms with Gasteiger partial charge in [-0.15, -0.1) is 0 Å². The lowest BCUT2D eigenvalue weighted by Crippen LogP contribution is -2.43. The first-order valence-corrected chi connectivity index (χ1v) is 6.64. The molecule has 0 unspecified atom stereocenters. The van der Waals surface area contributed by atoms with Crippen molar-refractivity contribution in [2.45, 2.75) is 44.7 Å². The predicted molar refractivity (Wildman–Crippen MR) is 71.0 cm³/mol. The molecule has 104 valence electrons. The molecule has 1 aromatic heterocycles. The number of rotatable bonds is 3. The van der Waals surface area contributed by atoms with E-state index in [0.29, 0.717) is 0 Å². The summed E-state index contributed by atoms with van der Waals surface area (Å²) in [4.78, 5) is 34.9. The van der Waals surface area contributed by atoms with E-state index in [4.69, 9.17) is 0 Å². The zero-order valence-electron chi connectivity index (χ0n) is 11.1. The summed E-state index contributed by atoms with van der Waals surface area (Å²) in [7, 11) is 1.40. The molecule has 19 heavy (non-hydrogen) atoms. The lowest BCUT2D eigenvalue weighted by molar-refractivity contribution is -0.122. The van der Waals surface area contributed by atoms with Crippen LogP contribution in [0.25, 0.3) is 0 Å². The Labute approximate surface area is 111 Å². The molecule has 0 radical (unpaired) electrons.